The molecule has 0 spiro atoms. The average Bonchev–Trinajstić information content (AvgIpc) is 3.01. The molecular formula is C17H13ClN4O3. The normalized spacial score (nSPS) is 13.3. The number of benzene rings is 2. The molecular weight excluding hydrogens is 344 g/mol. The van der Waals surface area contributed by atoms with Gasteiger partial charge in [-0.25, -0.2) is 0 Å². The van der Waals surface area contributed by atoms with Crippen molar-refractivity contribution >= 4 is 23.0 Å². The Kier molecular flexibility index (Phi) is 3.99. The lowest BCUT2D eigenvalue weighted by atomic mass is 10.1. The van der Waals surface area contributed by atoms with Gasteiger partial charge >= 0.3 is 0 Å². The summed E-state index contributed by atoms with van der Waals surface area (Å²) in [5, 5.41) is 14.0. The number of azo groups is 1. The molecule has 0 aliphatic carbocycles. The van der Waals surface area contributed by atoms with Gasteiger partial charge in [0.25, 0.3) is 5.56 Å². The van der Waals surface area contributed by atoms with Gasteiger partial charge in [-0.1, -0.05) is 23.7 Å². The highest BCUT2D eigenvalue weighted by Gasteiger charge is 2.17. The zero-order chi connectivity index (χ0) is 17.2. The predicted octanol–water partition coefficient (Wildman–Crippen LogP) is 4.21. The lowest BCUT2D eigenvalue weighted by Gasteiger charge is -2.18. The van der Waals surface area contributed by atoms with Crippen LogP contribution in [0.5, 0.6) is 11.5 Å². The van der Waals surface area contributed by atoms with Gasteiger partial charge < -0.3 is 9.47 Å². The molecule has 0 amide bonds. The van der Waals surface area contributed by atoms with Crippen molar-refractivity contribution in [2.45, 2.75) is 0 Å². The summed E-state index contributed by atoms with van der Waals surface area (Å²) in [4.78, 5) is 12.1. The number of hydrogen-bond donors (Lipinski definition) is 2. The van der Waals surface area contributed by atoms with Gasteiger partial charge in [-0.3, -0.25) is 15.0 Å². The SMILES string of the molecule is O=c1[nH][nH]c(-c2ccc3c(c2)OCCO3)c1N=Nc1ccccc1Cl. The quantitative estimate of drug-likeness (QED) is 0.688. The number of nitrogens with zero attached hydrogens (tertiary/aromatic N) is 2. The minimum absolute atomic E-state index is 0.164. The number of nitrogens with one attached hydrogen (secondary N) is 2. The van der Waals surface area contributed by atoms with Gasteiger partial charge in [-0.2, -0.15) is 0 Å². The monoisotopic (exact) mass is 356 g/mol. The molecule has 0 saturated heterocycles. The molecule has 0 atom stereocenters. The van der Waals surface area contributed by atoms with Crippen LogP contribution in [0.4, 0.5) is 11.4 Å². The van der Waals surface area contributed by atoms with Crippen molar-refractivity contribution in [2.75, 3.05) is 13.2 Å². The van der Waals surface area contributed by atoms with Gasteiger partial charge in [0, 0.05) is 5.56 Å². The average molecular weight is 357 g/mol. The Morgan fingerprint density at radius 1 is 0.960 bits per heavy atom. The van der Waals surface area contributed by atoms with E-state index >= 15 is 0 Å². The number of aromatic amines is 2. The number of aromatic nitrogens is 2. The van der Waals surface area contributed by atoms with Crippen molar-refractivity contribution in [2.24, 2.45) is 10.2 Å². The minimum Gasteiger partial charge on any atom is -0.486 e. The van der Waals surface area contributed by atoms with E-state index < -0.39 is 0 Å². The zero-order valence-electron chi connectivity index (χ0n) is 13.0. The maximum Gasteiger partial charge on any atom is 0.292 e. The molecule has 126 valence electrons. The van der Waals surface area contributed by atoms with Gasteiger partial charge in [0.2, 0.25) is 0 Å². The molecule has 2 N–H and O–H groups in total. The molecule has 2 aromatic carbocycles. The van der Waals surface area contributed by atoms with E-state index in [1.165, 1.54) is 0 Å². The van der Waals surface area contributed by atoms with Crippen molar-refractivity contribution in [3.05, 3.63) is 57.8 Å². The zero-order valence-corrected chi connectivity index (χ0v) is 13.7. The predicted molar refractivity (Wildman–Crippen MR) is 93.5 cm³/mol. The van der Waals surface area contributed by atoms with Crippen LogP contribution in [0.15, 0.2) is 57.5 Å². The molecule has 0 fully saturated rings. The van der Waals surface area contributed by atoms with Crippen LogP contribution in [0.2, 0.25) is 5.02 Å². The molecule has 8 heteroatoms. The third kappa shape index (κ3) is 3.01. The number of ether oxygens (including phenoxy) is 2. The lowest BCUT2D eigenvalue weighted by Crippen LogP contribution is -2.15. The topological polar surface area (TPSA) is 91.8 Å². The first kappa shape index (κ1) is 15.5. The van der Waals surface area contributed by atoms with Crippen LogP contribution in [-0.4, -0.2) is 23.4 Å². The van der Waals surface area contributed by atoms with Gasteiger partial charge in [-0.15, -0.1) is 10.2 Å². The second-order valence-electron chi connectivity index (χ2n) is 5.31. The van der Waals surface area contributed by atoms with Crippen LogP contribution >= 0.6 is 11.6 Å². The van der Waals surface area contributed by atoms with E-state index in [0.29, 0.717) is 41.1 Å². The third-order valence-electron chi connectivity index (χ3n) is 3.69. The molecule has 2 heterocycles. The smallest absolute Gasteiger partial charge is 0.292 e. The lowest BCUT2D eigenvalue weighted by molar-refractivity contribution is 0.171. The summed E-state index contributed by atoms with van der Waals surface area (Å²) < 4.78 is 11.1. The van der Waals surface area contributed by atoms with Gasteiger partial charge in [0.1, 0.15) is 18.9 Å². The van der Waals surface area contributed by atoms with Crippen LogP contribution in [0, 0.1) is 0 Å². The fourth-order valence-electron chi connectivity index (χ4n) is 2.49. The largest absolute Gasteiger partial charge is 0.486 e. The van der Waals surface area contributed by atoms with Gasteiger partial charge in [0.05, 0.1) is 10.7 Å². The number of fused-ring (bicyclic) bond motifs is 1. The first-order valence-corrected chi connectivity index (χ1v) is 7.97. The number of rotatable bonds is 3. The maximum absolute atomic E-state index is 12.1. The van der Waals surface area contributed by atoms with Crippen molar-refractivity contribution in [1.29, 1.82) is 0 Å². The van der Waals surface area contributed by atoms with Crippen molar-refractivity contribution in [1.82, 2.24) is 10.2 Å². The summed E-state index contributed by atoms with van der Waals surface area (Å²) in [5.41, 5.74) is 1.52. The minimum atomic E-state index is -0.374. The van der Waals surface area contributed by atoms with E-state index in [1.54, 1.807) is 36.4 Å². The second kappa shape index (κ2) is 6.45. The summed E-state index contributed by atoms with van der Waals surface area (Å²) >= 11 is 6.06. The van der Waals surface area contributed by atoms with E-state index in [0.717, 1.165) is 5.56 Å². The van der Waals surface area contributed by atoms with Crippen LogP contribution in [0.1, 0.15) is 0 Å². The van der Waals surface area contributed by atoms with Crippen LogP contribution in [0.25, 0.3) is 11.3 Å². The van der Waals surface area contributed by atoms with E-state index in [9.17, 15) is 4.79 Å². The highest BCUT2D eigenvalue weighted by atomic mass is 35.5. The van der Waals surface area contributed by atoms with E-state index in [2.05, 4.69) is 20.4 Å². The molecule has 1 aromatic heterocycles. The standard InChI is InChI=1S/C17H13ClN4O3/c18-11-3-1-2-4-12(11)19-21-16-15(20-22-17(16)23)10-5-6-13-14(9-10)25-8-7-24-13/h1-6,9H,7-8H2,(H2,20,22,23). The Bertz CT molecular complexity index is 1010. The van der Waals surface area contributed by atoms with Crippen molar-refractivity contribution < 1.29 is 9.47 Å². The molecule has 0 bridgehead atoms. The molecule has 3 aromatic rings. The highest BCUT2D eigenvalue weighted by molar-refractivity contribution is 6.32. The Labute approximate surface area is 147 Å². The first-order valence-electron chi connectivity index (χ1n) is 7.59. The molecule has 1 aliphatic heterocycles. The number of halogens is 1. The van der Waals surface area contributed by atoms with E-state index in [1.807, 2.05) is 6.07 Å². The fraction of sp³-hybridized carbons (Fsp3) is 0.118. The fourth-order valence-corrected chi connectivity index (χ4v) is 2.66. The molecule has 0 radical (unpaired) electrons. The molecule has 0 unspecified atom stereocenters. The van der Waals surface area contributed by atoms with E-state index in [-0.39, 0.29) is 11.2 Å². The molecule has 7 nitrogen and oxygen atoms in total. The molecule has 1 aliphatic rings. The Morgan fingerprint density at radius 2 is 1.76 bits per heavy atom. The molecule has 0 saturated carbocycles. The Hall–Kier alpha value is -3.06. The molecule has 25 heavy (non-hydrogen) atoms. The van der Waals surface area contributed by atoms with Gasteiger partial charge in [0.15, 0.2) is 17.2 Å². The third-order valence-corrected chi connectivity index (χ3v) is 4.01. The van der Waals surface area contributed by atoms with E-state index in [4.69, 9.17) is 21.1 Å². The summed E-state index contributed by atoms with van der Waals surface area (Å²) in [5.74, 6) is 1.30. The second-order valence-corrected chi connectivity index (χ2v) is 5.72. The van der Waals surface area contributed by atoms with Gasteiger partial charge in [-0.05, 0) is 30.3 Å². The maximum atomic E-state index is 12.1. The summed E-state index contributed by atoms with van der Waals surface area (Å²) in [6.07, 6.45) is 0. The van der Waals surface area contributed by atoms with Crippen molar-refractivity contribution in [3.63, 3.8) is 0 Å². The van der Waals surface area contributed by atoms with Crippen LogP contribution < -0.4 is 15.0 Å². The number of hydrogen-bond acceptors (Lipinski definition) is 5. The highest BCUT2D eigenvalue weighted by Crippen LogP contribution is 2.36. The van der Waals surface area contributed by atoms with Crippen LogP contribution in [0.3, 0.4) is 0 Å². The summed E-state index contributed by atoms with van der Waals surface area (Å²) in [6.45, 7) is 1.00. The summed E-state index contributed by atoms with van der Waals surface area (Å²) in [7, 11) is 0. The first-order chi connectivity index (χ1) is 12.2. The molecule has 4 rings (SSSR count). The van der Waals surface area contributed by atoms with Crippen molar-refractivity contribution in [3.8, 4) is 22.8 Å². The number of H-pyrrole nitrogens is 2. The van der Waals surface area contributed by atoms with Crippen LogP contribution in [-0.2, 0) is 0 Å². The Balaban J connectivity index is 1.73. The summed E-state index contributed by atoms with van der Waals surface area (Å²) in [6, 6.07) is 12.4. The Morgan fingerprint density at radius 3 is 2.60 bits per heavy atom.